The Morgan fingerprint density at radius 1 is 1.00 bits per heavy atom. The molecule has 208 valence electrons. The Hall–Kier alpha value is -4.35. The molecular formula is C28H23F6N4O2+. The van der Waals surface area contributed by atoms with Gasteiger partial charge >= 0.3 is 18.4 Å². The molecule has 0 aliphatic carbocycles. The molecule has 0 radical (unpaired) electrons. The van der Waals surface area contributed by atoms with Crippen molar-refractivity contribution in [2.24, 2.45) is 0 Å². The largest absolute Gasteiger partial charge is 0.497 e. The van der Waals surface area contributed by atoms with E-state index in [2.05, 4.69) is 15.6 Å². The highest BCUT2D eigenvalue weighted by atomic mass is 19.4. The molecule has 0 saturated carbocycles. The van der Waals surface area contributed by atoms with E-state index in [-0.39, 0.29) is 6.07 Å². The molecule has 4 heterocycles. The van der Waals surface area contributed by atoms with Crippen molar-refractivity contribution in [3.8, 4) is 5.75 Å². The molecule has 1 unspecified atom stereocenters. The van der Waals surface area contributed by atoms with Crippen LogP contribution in [0.2, 0.25) is 0 Å². The first kappa shape index (κ1) is 27.2. The molecule has 2 aliphatic heterocycles. The third kappa shape index (κ3) is 5.38. The maximum Gasteiger partial charge on any atom is 0.416 e. The topological polar surface area (TPSA) is 67.1 Å². The summed E-state index contributed by atoms with van der Waals surface area (Å²) in [7, 11) is 1.50. The Morgan fingerprint density at radius 3 is 2.27 bits per heavy atom. The summed E-state index contributed by atoms with van der Waals surface area (Å²) in [4.78, 5) is 17.6. The van der Waals surface area contributed by atoms with E-state index in [4.69, 9.17) is 4.74 Å². The summed E-state index contributed by atoms with van der Waals surface area (Å²) >= 11 is 0. The molecule has 6 rings (SSSR count). The number of nitrogens with one attached hydrogen (secondary N) is 2. The number of carbonyl (C=O) groups is 1. The first-order valence-electron chi connectivity index (χ1n) is 12.2. The summed E-state index contributed by atoms with van der Waals surface area (Å²) in [6.07, 6.45) is -5.81. The van der Waals surface area contributed by atoms with E-state index in [0.29, 0.717) is 46.6 Å². The molecule has 0 spiro atoms. The Kier molecular flexibility index (Phi) is 6.80. The predicted octanol–water partition coefficient (Wildman–Crippen LogP) is 6.34. The highest BCUT2D eigenvalue weighted by Crippen LogP contribution is 2.38. The van der Waals surface area contributed by atoms with Gasteiger partial charge in [0, 0.05) is 35.3 Å². The van der Waals surface area contributed by atoms with Crippen molar-refractivity contribution in [3.63, 3.8) is 0 Å². The Labute approximate surface area is 224 Å². The molecule has 2 aliphatic rings. The normalized spacial score (nSPS) is 13.8. The number of hydrogen-bond acceptors (Lipinski definition) is 3. The number of amides is 2. The van der Waals surface area contributed by atoms with Crippen LogP contribution in [0.4, 0.5) is 36.8 Å². The molecule has 12 heteroatoms. The van der Waals surface area contributed by atoms with E-state index in [1.165, 1.54) is 7.11 Å². The molecule has 2 aromatic carbocycles. The first-order chi connectivity index (χ1) is 18.8. The molecule has 0 fully saturated rings. The van der Waals surface area contributed by atoms with Gasteiger partial charge in [-0.05, 0) is 60.5 Å². The number of aryl methyl sites for hydroxylation is 3. The van der Waals surface area contributed by atoms with Crippen LogP contribution in [0.15, 0.2) is 60.9 Å². The van der Waals surface area contributed by atoms with Gasteiger partial charge in [-0.3, -0.25) is 4.98 Å². The third-order valence-corrected chi connectivity index (χ3v) is 6.84. The summed E-state index contributed by atoms with van der Waals surface area (Å²) in [6, 6.07) is 7.97. The summed E-state index contributed by atoms with van der Waals surface area (Å²) in [5.41, 5.74) is 0.324. The fourth-order valence-corrected chi connectivity index (χ4v) is 4.88. The molecule has 2 amide bonds. The average molecular weight is 562 g/mol. The van der Waals surface area contributed by atoms with Crippen LogP contribution >= 0.6 is 0 Å². The zero-order valence-corrected chi connectivity index (χ0v) is 21.2. The second kappa shape index (κ2) is 10.00. The number of anilines is 1. The molecule has 40 heavy (non-hydrogen) atoms. The second-order valence-electron chi connectivity index (χ2n) is 9.46. The van der Waals surface area contributed by atoms with Crippen molar-refractivity contribution in [2.45, 2.75) is 38.3 Å². The van der Waals surface area contributed by atoms with E-state index in [9.17, 15) is 31.1 Å². The van der Waals surface area contributed by atoms with Crippen molar-refractivity contribution in [1.29, 1.82) is 0 Å². The zero-order valence-electron chi connectivity index (χ0n) is 21.2. The van der Waals surface area contributed by atoms with Crippen LogP contribution in [-0.2, 0) is 25.3 Å². The monoisotopic (exact) mass is 561 g/mol. The second-order valence-corrected chi connectivity index (χ2v) is 9.46. The van der Waals surface area contributed by atoms with Gasteiger partial charge in [0.05, 0.1) is 23.8 Å². The summed E-state index contributed by atoms with van der Waals surface area (Å²) in [6.45, 7) is 2.61. The Morgan fingerprint density at radius 2 is 1.70 bits per heavy atom. The standard InChI is InChI=1S/C28H22F6N4O2/c1-15-14-38-8-6-16(15)9-24(38)25(21-5-7-35-23-4-3-20(40-2)13-22(21)23)37-26(39)36-19-11-17(27(29,30)31)10-18(12-19)28(32,33)34/h3-5,7,9-14,25H,6,8H2,1-2H3,(H-,36,37,39)/p+1. The highest BCUT2D eigenvalue weighted by molar-refractivity contribution is 5.91. The van der Waals surface area contributed by atoms with Crippen molar-refractivity contribution in [3.05, 3.63) is 94.4 Å². The van der Waals surface area contributed by atoms with Crippen LogP contribution in [0.1, 0.15) is 39.6 Å². The number of aromatic nitrogens is 2. The lowest BCUT2D eigenvalue weighted by Crippen LogP contribution is -2.48. The van der Waals surface area contributed by atoms with Gasteiger partial charge in [-0.2, -0.15) is 30.9 Å². The molecule has 6 nitrogen and oxygen atoms in total. The highest BCUT2D eigenvalue weighted by Gasteiger charge is 2.37. The van der Waals surface area contributed by atoms with Crippen molar-refractivity contribution < 1.29 is 40.4 Å². The van der Waals surface area contributed by atoms with Gasteiger partial charge in [0.1, 0.15) is 11.8 Å². The van der Waals surface area contributed by atoms with E-state index >= 15 is 0 Å². The fraction of sp³-hybridized carbons (Fsp3) is 0.250. The minimum absolute atomic E-state index is 0.00509. The van der Waals surface area contributed by atoms with E-state index < -0.39 is 41.2 Å². The molecule has 4 aromatic rings. The number of pyridine rings is 2. The van der Waals surface area contributed by atoms with Crippen LogP contribution in [0, 0.1) is 6.92 Å². The first-order valence-corrected chi connectivity index (χ1v) is 12.2. The van der Waals surface area contributed by atoms with Crippen LogP contribution in [0.25, 0.3) is 10.9 Å². The van der Waals surface area contributed by atoms with Gasteiger partial charge in [0.15, 0.2) is 12.7 Å². The fourth-order valence-electron chi connectivity index (χ4n) is 4.88. The molecule has 2 bridgehead atoms. The van der Waals surface area contributed by atoms with E-state index in [1.807, 2.05) is 23.8 Å². The number of hydrogen-bond donors (Lipinski definition) is 2. The number of nitrogens with zero attached hydrogens (tertiary/aromatic N) is 2. The molecule has 1 atom stereocenters. The lowest BCUT2D eigenvalue weighted by Gasteiger charge is -2.24. The van der Waals surface area contributed by atoms with Crippen LogP contribution in [-0.4, -0.2) is 18.1 Å². The van der Waals surface area contributed by atoms with Gasteiger partial charge < -0.3 is 15.4 Å². The number of benzene rings is 2. The summed E-state index contributed by atoms with van der Waals surface area (Å²) in [5.74, 6) is 0.540. The summed E-state index contributed by atoms with van der Waals surface area (Å²) < 4.78 is 87.4. The molecule has 0 saturated heterocycles. The number of alkyl halides is 6. The Balaban J connectivity index is 1.57. The lowest BCUT2D eigenvalue weighted by molar-refractivity contribution is -0.708. The lowest BCUT2D eigenvalue weighted by atomic mass is 9.94. The van der Waals surface area contributed by atoms with Gasteiger partial charge in [-0.15, -0.1) is 0 Å². The van der Waals surface area contributed by atoms with Gasteiger partial charge in [-0.25, -0.2) is 4.79 Å². The van der Waals surface area contributed by atoms with Crippen LogP contribution < -0.4 is 19.9 Å². The number of carbonyl (C=O) groups excluding carboxylic acids is 1. The third-order valence-electron chi connectivity index (χ3n) is 6.84. The molecule has 2 aromatic heterocycles. The number of urea groups is 1. The van der Waals surface area contributed by atoms with Crippen LogP contribution in [0.3, 0.4) is 0 Å². The van der Waals surface area contributed by atoms with Gasteiger partial charge in [0.25, 0.3) is 0 Å². The van der Waals surface area contributed by atoms with E-state index in [1.54, 1.807) is 30.5 Å². The zero-order chi connectivity index (χ0) is 28.8. The number of ether oxygens (including phenoxy) is 1. The average Bonchev–Trinajstić information content (AvgIpc) is 2.90. The minimum Gasteiger partial charge on any atom is -0.497 e. The molecular weight excluding hydrogens is 538 g/mol. The van der Waals surface area contributed by atoms with Gasteiger partial charge in [0.2, 0.25) is 5.69 Å². The number of rotatable bonds is 5. The number of fused-ring (bicyclic) bond motifs is 4. The van der Waals surface area contributed by atoms with Crippen molar-refractivity contribution in [2.75, 3.05) is 12.4 Å². The van der Waals surface area contributed by atoms with Crippen molar-refractivity contribution in [1.82, 2.24) is 10.3 Å². The SMILES string of the molecule is COc1ccc2nccc(C(NC(=O)Nc3cc(C(F)(F)F)cc(C(F)(F)F)c3)c3cc4c(C)c[n+]3CC4)c2c1. The van der Waals surface area contributed by atoms with Gasteiger partial charge in [-0.1, -0.05) is 0 Å². The molecule has 2 N–H and O–H groups in total. The number of halogens is 6. The Bertz CT molecular complexity index is 1590. The summed E-state index contributed by atoms with van der Waals surface area (Å²) in [5, 5.41) is 5.59. The number of methoxy groups -OCH3 is 1. The smallest absolute Gasteiger partial charge is 0.416 e. The minimum atomic E-state index is -5.05. The predicted molar refractivity (Wildman–Crippen MR) is 134 cm³/mol. The maximum absolute atomic E-state index is 13.3. The van der Waals surface area contributed by atoms with Crippen LogP contribution in [0.5, 0.6) is 5.75 Å². The quantitative estimate of drug-likeness (QED) is 0.221. The van der Waals surface area contributed by atoms with E-state index in [0.717, 1.165) is 17.5 Å². The maximum atomic E-state index is 13.3. The van der Waals surface area contributed by atoms with Crippen molar-refractivity contribution >= 4 is 22.6 Å².